The van der Waals surface area contributed by atoms with Crippen molar-refractivity contribution >= 4 is 6.16 Å². The zero-order valence-electron chi connectivity index (χ0n) is 12.7. The summed E-state index contributed by atoms with van der Waals surface area (Å²) in [7, 11) is 0. The van der Waals surface area contributed by atoms with Gasteiger partial charge in [0.05, 0.1) is 0 Å². The van der Waals surface area contributed by atoms with Crippen LogP contribution in [0.15, 0.2) is 24.3 Å². The van der Waals surface area contributed by atoms with E-state index in [2.05, 4.69) is 20.8 Å². The van der Waals surface area contributed by atoms with Gasteiger partial charge in [0.25, 0.3) is 0 Å². The molecule has 1 aromatic carbocycles. The van der Waals surface area contributed by atoms with Crippen LogP contribution in [0.25, 0.3) is 0 Å². The fourth-order valence-electron chi connectivity index (χ4n) is 1.65. The Kier molecular flexibility index (Phi) is 4.61. The van der Waals surface area contributed by atoms with Crippen molar-refractivity contribution in [2.75, 3.05) is 0 Å². The SMILES string of the molecule is CC(C)(C)Cc1ccc(OC(=O)OC(C)(C)C)cc1. The van der Waals surface area contributed by atoms with E-state index in [9.17, 15) is 4.79 Å². The van der Waals surface area contributed by atoms with Crippen molar-refractivity contribution in [2.45, 2.75) is 53.6 Å². The first-order chi connectivity index (χ1) is 8.55. The van der Waals surface area contributed by atoms with E-state index in [1.54, 1.807) is 32.9 Å². The van der Waals surface area contributed by atoms with Crippen molar-refractivity contribution in [3.8, 4) is 5.75 Å². The molecule has 0 saturated carbocycles. The summed E-state index contributed by atoms with van der Waals surface area (Å²) in [5.41, 5.74) is 0.931. The maximum atomic E-state index is 11.5. The lowest BCUT2D eigenvalue weighted by atomic mass is 9.88. The van der Waals surface area contributed by atoms with Gasteiger partial charge in [0, 0.05) is 0 Å². The molecule has 0 aliphatic carbocycles. The number of carbonyl (C=O) groups excluding carboxylic acids is 1. The van der Waals surface area contributed by atoms with Crippen LogP contribution in [0.2, 0.25) is 0 Å². The van der Waals surface area contributed by atoms with Crippen LogP contribution in [-0.2, 0) is 11.2 Å². The normalized spacial score (nSPS) is 12.1. The minimum Gasteiger partial charge on any atom is -0.428 e. The van der Waals surface area contributed by atoms with Crippen molar-refractivity contribution < 1.29 is 14.3 Å². The number of rotatable bonds is 2. The van der Waals surface area contributed by atoms with Crippen molar-refractivity contribution in [2.24, 2.45) is 5.41 Å². The Balaban J connectivity index is 2.60. The molecule has 1 rings (SSSR count). The second-order valence-electron chi connectivity index (χ2n) is 6.95. The van der Waals surface area contributed by atoms with Crippen molar-refractivity contribution in [3.05, 3.63) is 29.8 Å². The number of hydrogen-bond donors (Lipinski definition) is 0. The number of ether oxygens (including phenoxy) is 2. The molecule has 0 fully saturated rings. The quantitative estimate of drug-likeness (QED) is 0.579. The summed E-state index contributed by atoms with van der Waals surface area (Å²) >= 11 is 0. The molecule has 0 unspecified atom stereocenters. The van der Waals surface area contributed by atoms with E-state index in [-0.39, 0.29) is 5.41 Å². The van der Waals surface area contributed by atoms with Gasteiger partial charge in [0.2, 0.25) is 0 Å². The Bertz CT molecular complexity index is 419. The third-order valence-corrected chi connectivity index (χ3v) is 2.25. The summed E-state index contributed by atoms with van der Waals surface area (Å²) in [5, 5.41) is 0. The van der Waals surface area contributed by atoms with E-state index in [1.807, 2.05) is 12.1 Å². The van der Waals surface area contributed by atoms with Gasteiger partial charge in [0.15, 0.2) is 0 Å². The highest BCUT2D eigenvalue weighted by Gasteiger charge is 2.18. The minimum absolute atomic E-state index is 0.244. The van der Waals surface area contributed by atoms with Crippen molar-refractivity contribution in [1.29, 1.82) is 0 Å². The van der Waals surface area contributed by atoms with Gasteiger partial charge in [-0.15, -0.1) is 0 Å². The molecule has 0 aliphatic rings. The second kappa shape index (κ2) is 5.64. The Morgan fingerprint density at radius 1 is 1.00 bits per heavy atom. The lowest BCUT2D eigenvalue weighted by molar-refractivity contribution is 0.0206. The monoisotopic (exact) mass is 264 g/mol. The Morgan fingerprint density at radius 2 is 1.53 bits per heavy atom. The van der Waals surface area contributed by atoms with E-state index in [4.69, 9.17) is 9.47 Å². The summed E-state index contributed by atoms with van der Waals surface area (Å²) in [6, 6.07) is 7.55. The molecule has 0 aliphatic heterocycles. The van der Waals surface area contributed by atoms with Crippen LogP contribution >= 0.6 is 0 Å². The summed E-state index contributed by atoms with van der Waals surface area (Å²) in [4.78, 5) is 11.5. The lowest BCUT2D eigenvalue weighted by Gasteiger charge is -2.19. The molecule has 0 atom stereocenters. The molecule has 0 spiro atoms. The van der Waals surface area contributed by atoms with Crippen LogP contribution in [-0.4, -0.2) is 11.8 Å². The van der Waals surface area contributed by atoms with E-state index in [0.717, 1.165) is 6.42 Å². The molecule has 1 aromatic rings. The molecule has 0 N–H and O–H groups in total. The third-order valence-electron chi connectivity index (χ3n) is 2.25. The maximum absolute atomic E-state index is 11.5. The maximum Gasteiger partial charge on any atom is 0.514 e. The largest absolute Gasteiger partial charge is 0.514 e. The zero-order chi connectivity index (χ0) is 14.7. The molecule has 3 heteroatoms. The summed E-state index contributed by atoms with van der Waals surface area (Å²) in [5.74, 6) is 0.506. The van der Waals surface area contributed by atoms with Crippen molar-refractivity contribution in [1.82, 2.24) is 0 Å². The highest BCUT2D eigenvalue weighted by Crippen LogP contribution is 2.22. The highest BCUT2D eigenvalue weighted by molar-refractivity contribution is 5.64. The van der Waals surface area contributed by atoms with E-state index >= 15 is 0 Å². The molecule has 106 valence electrons. The van der Waals surface area contributed by atoms with Crippen LogP contribution in [0.5, 0.6) is 5.75 Å². The molecule has 19 heavy (non-hydrogen) atoms. The second-order valence-corrected chi connectivity index (χ2v) is 6.95. The smallest absolute Gasteiger partial charge is 0.428 e. The summed E-state index contributed by atoms with van der Waals surface area (Å²) in [6.45, 7) is 12.0. The standard InChI is InChI=1S/C16H24O3/c1-15(2,3)11-12-7-9-13(10-8-12)18-14(17)19-16(4,5)6/h7-10H,11H2,1-6H3. The van der Waals surface area contributed by atoms with Crippen LogP contribution in [0.4, 0.5) is 4.79 Å². The fourth-order valence-corrected chi connectivity index (χ4v) is 1.65. The first-order valence-corrected chi connectivity index (χ1v) is 6.55. The molecule has 0 amide bonds. The molecule has 0 radical (unpaired) electrons. The number of benzene rings is 1. The molecular formula is C16H24O3. The number of carbonyl (C=O) groups is 1. The number of hydrogen-bond acceptors (Lipinski definition) is 3. The molecule has 0 heterocycles. The van der Waals surface area contributed by atoms with Gasteiger partial charge in [-0.3, -0.25) is 0 Å². The Labute approximate surface area is 115 Å². The van der Waals surface area contributed by atoms with Gasteiger partial charge in [-0.05, 0) is 50.3 Å². The van der Waals surface area contributed by atoms with Gasteiger partial charge in [-0.25, -0.2) is 4.79 Å². The van der Waals surface area contributed by atoms with Crippen LogP contribution in [0.3, 0.4) is 0 Å². The summed E-state index contributed by atoms with van der Waals surface area (Å²) in [6.07, 6.45) is 0.316. The molecule has 0 bridgehead atoms. The van der Waals surface area contributed by atoms with Crippen molar-refractivity contribution in [3.63, 3.8) is 0 Å². The predicted molar refractivity (Wildman–Crippen MR) is 76.5 cm³/mol. The highest BCUT2D eigenvalue weighted by atomic mass is 16.7. The minimum atomic E-state index is -0.670. The lowest BCUT2D eigenvalue weighted by Crippen LogP contribution is -2.25. The van der Waals surface area contributed by atoms with E-state index in [1.165, 1.54) is 5.56 Å². The molecule has 3 nitrogen and oxygen atoms in total. The fraction of sp³-hybridized carbons (Fsp3) is 0.562. The third kappa shape index (κ3) is 6.85. The van der Waals surface area contributed by atoms with Gasteiger partial charge < -0.3 is 9.47 Å². The Hall–Kier alpha value is -1.51. The zero-order valence-corrected chi connectivity index (χ0v) is 12.7. The van der Waals surface area contributed by atoms with E-state index in [0.29, 0.717) is 5.75 Å². The average molecular weight is 264 g/mol. The summed E-state index contributed by atoms with van der Waals surface area (Å²) < 4.78 is 10.2. The average Bonchev–Trinajstić information content (AvgIpc) is 2.15. The van der Waals surface area contributed by atoms with Gasteiger partial charge in [0.1, 0.15) is 11.4 Å². The van der Waals surface area contributed by atoms with E-state index < -0.39 is 11.8 Å². The predicted octanol–water partition coefficient (Wildman–Crippen LogP) is 4.59. The molecular weight excluding hydrogens is 240 g/mol. The van der Waals surface area contributed by atoms with Gasteiger partial charge in [-0.1, -0.05) is 32.9 Å². The van der Waals surface area contributed by atoms with Gasteiger partial charge in [-0.2, -0.15) is 0 Å². The van der Waals surface area contributed by atoms with Crippen LogP contribution in [0, 0.1) is 5.41 Å². The molecule has 0 saturated heterocycles. The topological polar surface area (TPSA) is 35.5 Å². The molecule has 0 aromatic heterocycles. The van der Waals surface area contributed by atoms with Gasteiger partial charge >= 0.3 is 6.16 Å². The van der Waals surface area contributed by atoms with Crippen LogP contribution < -0.4 is 4.74 Å². The first kappa shape index (κ1) is 15.5. The van der Waals surface area contributed by atoms with Crippen LogP contribution in [0.1, 0.15) is 47.1 Å². The Morgan fingerprint density at radius 3 is 1.95 bits per heavy atom. The first-order valence-electron chi connectivity index (χ1n) is 6.55.